The van der Waals surface area contributed by atoms with Gasteiger partial charge in [0.15, 0.2) is 0 Å². The number of nitrogens with one attached hydrogen (secondary N) is 1. The molecule has 2 aromatic carbocycles. The molecule has 0 spiro atoms. The Kier molecular flexibility index (Phi) is 6.94. The molecule has 23 heavy (non-hydrogen) atoms. The van der Waals surface area contributed by atoms with E-state index in [2.05, 4.69) is 66.8 Å². The van der Waals surface area contributed by atoms with Gasteiger partial charge in [-0.15, -0.1) is 12.4 Å². The van der Waals surface area contributed by atoms with E-state index in [1.165, 1.54) is 36.8 Å². The molecule has 0 heterocycles. The van der Waals surface area contributed by atoms with Crippen molar-refractivity contribution in [3.63, 3.8) is 0 Å². The summed E-state index contributed by atoms with van der Waals surface area (Å²) in [6, 6.07) is 19.3. The van der Waals surface area contributed by atoms with Gasteiger partial charge >= 0.3 is 0 Å². The molecule has 1 aliphatic rings. The van der Waals surface area contributed by atoms with Crippen LogP contribution in [0.4, 0.5) is 0 Å². The molecule has 2 nitrogen and oxygen atoms in total. The van der Waals surface area contributed by atoms with Gasteiger partial charge in [-0.05, 0) is 44.2 Å². The lowest BCUT2D eigenvalue weighted by Crippen LogP contribution is -2.19. The van der Waals surface area contributed by atoms with Crippen molar-refractivity contribution in [2.75, 3.05) is 0 Å². The van der Waals surface area contributed by atoms with Crippen LogP contribution in [0.5, 0.6) is 5.75 Å². The largest absolute Gasteiger partial charge is 0.490 e. The third kappa shape index (κ3) is 4.98. The van der Waals surface area contributed by atoms with E-state index in [9.17, 15) is 0 Å². The van der Waals surface area contributed by atoms with Gasteiger partial charge in [-0.2, -0.15) is 0 Å². The van der Waals surface area contributed by atoms with Crippen molar-refractivity contribution in [1.82, 2.24) is 5.32 Å². The molecule has 1 N–H and O–H groups in total. The Morgan fingerprint density at radius 3 is 2.39 bits per heavy atom. The first-order valence-corrected chi connectivity index (χ1v) is 8.36. The maximum absolute atomic E-state index is 6.20. The molecular weight excluding hydrogens is 306 g/mol. The van der Waals surface area contributed by atoms with E-state index < -0.39 is 0 Å². The summed E-state index contributed by atoms with van der Waals surface area (Å²) in [4.78, 5) is 0. The molecule has 1 saturated carbocycles. The van der Waals surface area contributed by atoms with Gasteiger partial charge in [0.25, 0.3) is 0 Å². The highest BCUT2D eigenvalue weighted by Gasteiger charge is 2.17. The average Bonchev–Trinajstić information content (AvgIpc) is 3.07. The second-order valence-corrected chi connectivity index (χ2v) is 6.15. The average molecular weight is 332 g/mol. The Morgan fingerprint density at radius 1 is 1.00 bits per heavy atom. The van der Waals surface area contributed by atoms with Gasteiger partial charge in [0.1, 0.15) is 5.75 Å². The van der Waals surface area contributed by atoms with Gasteiger partial charge < -0.3 is 10.1 Å². The van der Waals surface area contributed by atoms with E-state index in [4.69, 9.17) is 4.74 Å². The van der Waals surface area contributed by atoms with Gasteiger partial charge in [0, 0.05) is 18.2 Å². The molecule has 0 aliphatic heterocycles. The third-order valence-corrected chi connectivity index (χ3v) is 4.47. The second-order valence-electron chi connectivity index (χ2n) is 6.15. The molecule has 3 rings (SSSR count). The normalized spacial score (nSPS) is 15.9. The van der Waals surface area contributed by atoms with Gasteiger partial charge in [-0.1, -0.05) is 48.5 Å². The summed E-state index contributed by atoms with van der Waals surface area (Å²) in [6.45, 7) is 3.04. The molecular formula is C20H26ClNO. The maximum atomic E-state index is 6.20. The fourth-order valence-corrected chi connectivity index (χ4v) is 3.07. The molecule has 1 fully saturated rings. The van der Waals surface area contributed by atoms with E-state index in [-0.39, 0.29) is 12.4 Å². The Bertz CT molecular complexity index is 581. The fourth-order valence-electron chi connectivity index (χ4n) is 3.07. The Morgan fingerprint density at radius 2 is 1.65 bits per heavy atom. The summed E-state index contributed by atoms with van der Waals surface area (Å²) in [7, 11) is 0. The van der Waals surface area contributed by atoms with Crippen molar-refractivity contribution < 1.29 is 4.74 Å². The van der Waals surface area contributed by atoms with E-state index in [0.717, 1.165) is 12.3 Å². The van der Waals surface area contributed by atoms with Crippen LogP contribution in [0.2, 0.25) is 0 Å². The summed E-state index contributed by atoms with van der Waals surface area (Å²) in [5, 5.41) is 3.60. The molecule has 0 saturated heterocycles. The van der Waals surface area contributed by atoms with E-state index >= 15 is 0 Å². The minimum atomic E-state index is 0. The molecule has 0 radical (unpaired) electrons. The lowest BCUT2D eigenvalue weighted by molar-refractivity contribution is 0.207. The molecule has 0 amide bonds. The minimum Gasteiger partial charge on any atom is -0.490 e. The highest BCUT2D eigenvalue weighted by molar-refractivity contribution is 5.85. The van der Waals surface area contributed by atoms with Crippen LogP contribution in [0, 0.1) is 0 Å². The summed E-state index contributed by atoms with van der Waals surface area (Å²) in [5.41, 5.74) is 2.56. The quantitative estimate of drug-likeness (QED) is 0.777. The molecule has 0 aromatic heterocycles. The summed E-state index contributed by atoms with van der Waals surface area (Å²) < 4.78 is 6.20. The van der Waals surface area contributed by atoms with E-state index in [1.54, 1.807) is 0 Å². The standard InChI is InChI=1S/C20H25NO.ClH/c1-16(17-9-3-2-4-10-17)21-15-18-11-5-8-14-20(18)22-19-12-6-7-13-19;/h2-5,8-11,14,16,19,21H,6-7,12-13,15H2,1H3;1H. The van der Waals surface area contributed by atoms with Gasteiger partial charge in [0.05, 0.1) is 6.10 Å². The zero-order valence-electron chi connectivity index (χ0n) is 13.7. The van der Waals surface area contributed by atoms with Crippen LogP contribution in [-0.2, 0) is 6.54 Å². The van der Waals surface area contributed by atoms with Crippen molar-refractivity contribution in [2.45, 2.75) is 51.3 Å². The fraction of sp³-hybridized carbons (Fsp3) is 0.400. The summed E-state index contributed by atoms with van der Waals surface area (Å²) in [5.74, 6) is 1.04. The van der Waals surface area contributed by atoms with Crippen LogP contribution in [0.3, 0.4) is 0 Å². The second kappa shape index (κ2) is 8.95. The van der Waals surface area contributed by atoms with Crippen LogP contribution in [0.1, 0.15) is 49.8 Å². The minimum absolute atomic E-state index is 0. The molecule has 0 bridgehead atoms. The van der Waals surface area contributed by atoms with E-state index in [1.807, 2.05) is 0 Å². The Hall–Kier alpha value is -1.51. The SMILES string of the molecule is CC(NCc1ccccc1OC1CCCC1)c1ccccc1.Cl. The van der Waals surface area contributed by atoms with Crippen molar-refractivity contribution in [2.24, 2.45) is 0 Å². The summed E-state index contributed by atoms with van der Waals surface area (Å²) >= 11 is 0. The first-order chi connectivity index (χ1) is 10.8. The molecule has 1 atom stereocenters. The van der Waals surface area contributed by atoms with Crippen LogP contribution in [0.15, 0.2) is 54.6 Å². The lowest BCUT2D eigenvalue weighted by atomic mass is 10.1. The molecule has 1 unspecified atom stereocenters. The zero-order chi connectivity index (χ0) is 15.2. The van der Waals surface area contributed by atoms with Crippen molar-refractivity contribution in [3.05, 3.63) is 65.7 Å². The number of hydrogen-bond donors (Lipinski definition) is 1. The van der Waals surface area contributed by atoms with Crippen LogP contribution in [0.25, 0.3) is 0 Å². The third-order valence-electron chi connectivity index (χ3n) is 4.47. The molecule has 3 heteroatoms. The first kappa shape index (κ1) is 17.8. The van der Waals surface area contributed by atoms with Gasteiger partial charge in [-0.3, -0.25) is 0 Å². The topological polar surface area (TPSA) is 21.3 Å². The number of halogens is 1. The Balaban J connectivity index is 0.00000192. The lowest BCUT2D eigenvalue weighted by Gasteiger charge is -2.19. The number of hydrogen-bond acceptors (Lipinski definition) is 2. The molecule has 2 aromatic rings. The summed E-state index contributed by atoms with van der Waals surface area (Å²) in [6.07, 6.45) is 5.41. The van der Waals surface area contributed by atoms with Gasteiger partial charge in [0.2, 0.25) is 0 Å². The first-order valence-electron chi connectivity index (χ1n) is 8.36. The maximum Gasteiger partial charge on any atom is 0.124 e. The van der Waals surface area contributed by atoms with Crippen LogP contribution < -0.4 is 10.1 Å². The van der Waals surface area contributed by atoms with Crippen LogP contribution >= 0.6 is 12.4 Å². The number of para-hydroxylation sites is 1. The van der Waals surface area contributed by atoms with Crippen molar-refractivity contribution in [1.29, 1.82) is 0 Å². The monoisotopic (exact) mass is 331 g/mol. The predicted octanol–water partition coefficient (Wildman–Crippen LogP) is 5.28. The number of rotatable bonds is 6. The number of benzene rings is 2. The Labute approximate surface area is 145 Å². The van der Waals surface area contributed by atoms with Gasteiger partial charge in [-0.25, -0.2) is 0 Å². The highest BCUT2D eigenvalue weighted by atomic mass is 35.5. The van der Waals surface area contributed by atoms with Crippen molar-refractivity contribution in [3.8, 4) is 5.75 Å². The molecule has 124 valence electrons. The van der Waals surface area contributed by atoms with Crippen LogP contribution in [-0.4, -0.2) is 6.10 Å². The molecule has 1 aliphatic carbocycles. The van der Waals surface area contributed by atoms with Crippen molar-refractivity contribution >= 4 is 12.4 Å². The highest BCUT2D eigenvalue weighted by Crippen LogP contribution is 2.27. The number of ether oxygens (including phenoxy) is 1. The predicted molar refractivity (Wildman–Crippen MR) is 98.3 cm³/mol. The zero-order valence-corrected chi connectivity index (χ0v) is 14.5. The van der Waals surface area contributed by atoms with E-state index in [0.29, 0.717) is 12.1 Å². The smallest absolute Gasteiger partial charge is 0.124 e.